The number of phosphoric ester groups is 1. The summed E-state index contributed by atoms with van der Waals surface area (Å²) in [5, 5.41) is 19.8. The lowest BCUT2D eigenvalue weighted by atomic mass is 10.1. The first-order valence-corrected chi connectivity index (χ1v) is 8.98. The second-order valence-electron chi connectivity index (χ2n) is 5.91. The summed E-state index contributed by atoms with van der Waals surface area (Å²) < 4.78 is 22.4. The SMILES string of the molecule is CN(C)c1nc(=O)[nH]c2c1ncn2[C@@H]1O[C@H](CO)[C@@H](OP(=O)(O)O)[C@H]1O. The fourth-order valence-electron chi connectivity index (χ4n) is 2.82. The van der Waals surface area contributed by atoms with E-state index in [-0.39, 0.29) is 11.5 Å². The van der Waals surface area contributed by atoms with Gasteiger partial charge in [0.2, 0.25) is 0 Å². The fourth-order valence-corrected chi connectivity index (χ4v) is 3.39. The topological polar surface area (TPSA) is 183 Å². The van der Waals surface area contributed by atoms with Crippen molar-refractivity contribution in [1.29, 1.82) is 0 Å². The van der Waals surface area contributed by atoms with Gasteiger partial charge in [-0.15, -0.1) is 0 Å². The second-order valence-corrected chi connectivity index (χ2v) is 7.10. The van der Waals surface area contributed by atoms with E-state index in [0.717, 1.165) is 0 Å². The van der Waals surface area contributed by atoms with Gasteiger partial charge in [-0.2, -0.15) is 4.98 Å². The molecule has 1 fully saturated rings. The van der Waals surface area contributed by atoms with E-state index >= 15 is 0 Å². The van der Waals surface area contributed by atoms with E-state index in [9.17, 15) is 19.6 Å². The van der Waals surface area contributed by atoms with E-state index in [4.69, 9.17) is 14.5 Å². The van der Waals surface area contributed by atoms with Crippen molar-refractivity contribution in [2.45, 2.75) is 24.5 Å². The molecule has 2 aromatic heterocycles. The Labute approximate surface area is 146 Å². The molecule has 144 valence electrons. The van der Waals surface area contributed by atoms with Crippen molar-refractivity contribution < 1.29 is 33.8 Å². The molecule has 0 aliphatic carbocycles. The summed E-state index contributed by atoms with van der Waals surface area (Å²) in [5.41, 5.74) is -0.145. The van der Waals surface area contributed by atoms with Crippen molar-refractivity contribution in [3.63, 3.8) is 0 Å². The molecular formula is C12H18N5O8P. The Balaban J connectivity index is 2.04. The molecule has 13 nitrogen and oxygen atoms in total. The number of phosphoric acid groups is 1. The Morgan fingerprint density at radius 1 is 1.46 bits per heavy atom. The zero-order valence-electron chi connectivity index (χ0n) is 13.8. The number of H-pyrrole nitrogens is 1. The van der Waals surface area contributed by atoms with E-state index < -0.39 is 44.7 Å². The first-order valence-electron chi connectivity index (χ1n) is 7.45. The highest BCUT2D eigenvalue weighted by Crippen LogP contribution is 2.44. The van der Waals surface area contributed by atoms with Gasteiger partial charge >= 0.3 is 13.5 Å². The van der Waals surface area contributed by atoms with Gasteiger partial charge in [0.15, 0.2) is 12.0 Å². The minimum Gasteiger partial charge on any atom is -0.394 e. The van der Waals surface area contributed by atoms with Gasteiger partial charge in [0.25, 0.3) is 0 Å². The maximum absolute atomic E-state index is 11.8. The van der Waals surface area contributed by atoms with Gasteiger partial charge in [0, 0.05) is 14.1 Å². The number of nitrogens with zero attached hydrogens (tertiary/aromatic N) is 4. The van der Waals surface area contributed by atoms with Crippen LogP contribution in [-0.4, -0.2) is 78.5 Å². The lowest BCUT2D eigenvalue weighted by Crippen LogP contribution is -2.35. The van der Waals surface area contributed by atoms with Crippen molar-refractivity contribution in [2.75, 3.05) is 25.6 Å². The van der Waals surface area contributed by atoms with E-state index in [1.54, 1.807) is 19.0 Å². The molecule has 0 saturated carbocycles. The van der Waals surface area contributed by atoms with Crippen LogP contribution in [0.2, 0.25) is 0 Å². The van der Waals surface area contributed by atoms with Gasteiger partial charge in [-0.3, -0.25) is 14.1 Å². The molecule has 0 unspecified atom stereocenters. The smallest absolute Gasteiger partial charge is 0.394 e. The summed E-state index contributed by atoms with van der Waals surface area (Å²) in [5.74, 6) is 0.289. The predicted octanol–water partition coefficient (Wildman–Crippen LogP) is -2.09. The van der Waals surface area contributed by atoms with Crippen molar-refractivity contribution in [3.8, 4) is 0 Å². The number of aliphatic hydroxyl groups is 2. The first-order chi connectivity index (χ1) is 12.1. The molecule has 5 N–H and O–H groups in total. The molecule has 0 amide bonds. The maximum Gasteiger partial charge on any atom is 0.470 e. The van der Waals surface area contributed by atoms with Crippen LogP contribution in [0.3, 0.4) is 0 Å². The highest BCUT2D eigenvalue weighted by atomic mass is 31.2. The molecule has 1 aliphatic heterocycles. The Kier molecular flexibility index (Phi) is 4.88. The lowest BCUT2D eigenvalue weighted by Gasteiger charge is -2.20. The van der Waals surface area contributed by atoms with Gasteiger partial charge in [0.1, 0.15) is 29.5 Å². The highest BCUT2D eigenvalue weighted by molar-refractivity contribution is 7.46. The monoisotopic (exact) mass is 391 g/mol. The minimum absolute atomic E-state index is 0.186. The number of fused-ring (bicyclic) bond motifs is 1. The van der Waals surface area contributed by atoms with Crippen molar-refractivity contribution in [2.24, 2.45) is 0 Å². The molecule has 0 bridgehead atoms. The van der Waals surface area contributed by atoms with E-state index in [2.05, 4.69) is 19.5 Å². The number of hydrogen-bond donors (Lipinski definition) is 5. The summed E-state index contributed by atoms with van der Waals surface area (Å²) in [6.07, 6.45) is -4.15. The standard InChI is InChI=1S/C12H18N5O8P/c1-16(2)9-6-10(15-12(20)14-9)17(4-13-6)11-7(19)8(5(3-18)24-11)25-26(21,22)23/h4-5,7-8,11,18-19H,3H2,1-2H3,(H,14,15,20)(H2,21,22,23)/t5-,7-,8-,11-/m1/s1. The van der Waals surface area contributed by atoms with Crippen LogP contribution in [-0.2, 0) is 13.8 Å². The first kappa shape index (κ1) is 18.9. The van der Waals surface area contributed by atoms with Gasteiger partial charge < -0.3 is 29.6 Å². The van der Waals surface area contributed by atoms with Crippen LogP contribution < -0.4 is 10.6 Å². The summed E-state index contributed by atoms with van der Waals surface area (Å²) in [6, 6.07) is 0. The molecule has 0 spiro atoms. The van der Waals surface area contributed by atoms with Crippen LogP contribution in [0.5, 0.6) is 0 Å². The van der Waals surface area contributed by atoms with Crippen LogP contribution >= 0.6 is 7.82 Å². The van der Waals surface area contributed by atoms with Gasteiger partial charge in [-0.1, -0.05) is 0 Å². The van der Waals surface area contributed by atoms with Crippen LogP contribution in [0.1, 0.15) is 6.23 Å². The number of ether oxygens (including phenoxy) is 1. The number of aliphatic hydroxyl groups excluding tert-OH is 2. The third-order valence-corrected chi connectivity index (χ3v) is 4.40. The Morgan fingerprint density at radius 2 is 2.15 bits per heavy atom. The van der Waals surface area contributed by atoms with Gasteiger partial charge in [0.05, 0.1) is 12.9 Å². The maximum atomic E-state index is 11.8. The second kappa shape index (κ2) is 6.70. The molecule has 0 radical (unpaired) electrons. The Hall–Kier alpha value is -1.86. The van der Waals surface area contributed by atoms with Gasteiger partial charge in [-0.25, -0.2) is 14.3 Å². The minimum atomic E-state index is -4.93. The molecule has 2 aromatic rings. The number of aromatic nitrogens is 4. The van der Waals surface area contributed by atoms with Crippen LogP contribution in [0.15, 0.2) is 11.1 Å². The molecular weight excluding hydrogens is 373 g/mol. The molecule has 0 aromatic carbocycles. The molecule has 4 atom stereocenters. The molecule has 1 aliphatic rings. The van der Waals surface area contributed by atoms with E-state index in [1.165, 1.54) is 10.9 Å². The van der Waals surface area contributed by atoms with Crippen LogP contribution in [0, 0.1) is 0 Å². The van der Waals surface area contributed by atoms with Crippen LogP contribution in [0.4, 0.5) is 5.82 Å². The van der Waals surface area contributed by atoms with Crippen molar-refractivity contribution >= 4 is 24.8 Å². The predicted molar refractivity (Wildman–Crippen MR) is 86.4 cm³/mol. The third kappa shape index (κ3) is 3.38. The number of aromatic amines is 1. The molecule has 3 rings (SSSR count). The number of imidazole rings is 1. The Morgan fingerprint density at radius 3 is 2.73 bits per heavy atom. The van der Waals surface area contributed by atoms with E-state index in [1.807, 2.05) is 0 Å². The third-order valence-electron chi connectivity index (χ3n) is 3.88. The summed E-state index contributed by atoms with van der Waals surface area (Å²) in [6.45, 7) is -0.647. The van der Waals surface area contributed by atoms with Crippen molar-refractivity contribution in [3.05, 3.63) is 16.8 Å². The van der Waals surface area contributed by atoms with Crippen LogP contribution in [0.25, 0.3) is 11.2 Å². The highest BCUT2D eigenvalue weighted by Gasteiger charge is 2.48. The lowest BCUT2D eigenvalue weighted by molar-refractivity contribution is -0.0509. The van der Waals surface area contributed by atoms with Crippen molar-refractivity contribution in [1.82, 2.24) is 19.5 Å². The summed E-state index contributed by atoms with van der Waals surface area (Å²) in [4.78, 5) is 41.8. The largest absolute Gasteiger partial charge is 0.470 e. The van der Waals surface area contributed by atoms with E-state index in [0.29, 0.717) is 5.52 Å². The average molecular weight is 391 g/mol. The quantitative estimate of drug-likeness (QED) is 0.352. The Bertz CT molecular complexity index is 907. The fraction of sp³-hybridized carbons (Fsp3) is 0.583. The number of rotatable bonds is 5. The number of nitrogens with one attached hydrogen (secondary N) is 1. The zero-order chi connectivity index (χ0) is 19.2. The summed E-state index contributed by atoms with van der Waals surface area (Å²) >= 11 is 0. The average Bonchev–Trinajstić information content (AvgIpc) is 3.07. The molecule has 1 saturated heterocycles. The zero-order valence-corrected chi connectivity index (χ0v) is 14.6. The summed E-state index contributed by atoms with van der Waals surface area (Å²) in [7, 11) is -1.59. The number of anilines is 1. The number of hydrogen-bond acceptors (Lipinski definition) is 9. The molecule has 26 heavy (non-hydrogen) atoms. The van der Waals surface area contributed by atoms with Gasteiger partial charge in [-0.05, 0) is 0 Å². The molecule has 3 heterocycles. The normalized spacial score (nSPS) is 26.5. The molecule has 14 heteroatoms.